The van der Waals surface area contributed by atoms with Gasteiger partial charge in [-0.3, -0.25) is 4.79 Å². The lowest BCUT2D eigenvalue weighted by Gasteiger charge is -2.34. The number of piperidine rings is 1. The maximum atomic E-state index is 13.3. The molecular formula is C17H24ClF3N2O. The van der Waals surface area contributed by atoms with Crippen LogP contribution in [-0.4, -0.2) is 36.1 Å². The highest BCUT2D eigenvalue weighted by molar-refractivity contribution is 5.85. The quantitative estimate of drug-likeness (QED) is 0.884. The molecule has 0 aliphatic carbocycles. The van der Waals surface area contributed by atoms with Crippen molar-refractivity contribution in [1.82, 2.24) is 4.90 Å². The number of benzene rings is 1. The lowest BCUT2D eigenvalue weighted by atomic mass is 9.90. The van der Waals surface area contributed by atoms with Crippen molar-refractivity contribution in [2.24, 2.45) is 11.7 Å². The van der Waals surface area contributed by atoms with E-state index in [-0.39, 0.29) is 24.0 Å². The maximum absolute atomic E-state index is 13.3. The summed E-state index contributed by atoms with van der Waals surface area (Å²) in [6.45, 7) is 2.91. The van der Waals surface area contributed by atoms with Crippen LogP contribution in [-0.2, 0) is 4.79 Å². The fraction of sp³-hybridized carbons (Fsp3) is 0.588. The summed E-state index contributed by atoms with van der Waals surface area (Å²) in [7, 11) is 0. The molecule has 0 bridgehead atoms. The van der Waals surface area contributed by atoms with Gasteiger partial charge in [-0.2, -0.15) is 13.2 Å². The number of rotatable bonds is 4. The summed E-state index contributed by atoms with van der Waals surface area (Å²) in [5.74, 6) is -1.84. The fourth-order valence-electron chi connectivity index (χ4n) is 3.09. The van der Waals surface area contributed by atoms with E-state index in [1.807, 2.05) is 6.92 Å². The zero-order chi connectivity index (χ0) is 17.0. The Morgan fingerprint density at radius 2 is 1.79 bits per heavy atom. The van der Waals surface area contributed by atoms with Crippen molar-refractivity contribution >= 4 is 18.3 Å². The fourth-order valence-corrected chi connectivity index (χ4v) is 3.09. The van der Waals surface area contributed by atoms with E-state index in [2.05, 4.69) is 0 Å². The zero-order valence-corrected chi connectivity index (χ0v) is 14.4. The van der Waals surface area contributed by atoms with Gasteiger partial charge in [0.1, 0.15) is 0 Å². The third kappa shape index (κ3) is 5.38. The Balaban J connectivity index is 0.00000288. The van der Waals surface area contributed by atoms with Gasteiger partial charge in [-0.15, -0.1) is 12.4 Å². The van der Waals surface area contributed by atoms with Gasteiger partial charge in [-0.1, -0.05) is 30.3 Å². The number of likely N-dealkylation sites (tertiary alicyclic amines) is 1. The second-order valence-electron chi connectivity index (χ2n) is 6.29. The van der Waals surface area contributed by atoms with Crippen LogP contribution in [0.25, 0.3) is 0 Å². The van der Waals surface area contributed by atoms with Gasteiger partial charge >= 0.3 is 6.18 Å². The van der Waals surface area contributed by atoms with Gasteiger partial charge < -0.3 is 10.6 Å². The average Bonchev–Trinajstić information content (AvgIpc) is 2.52. The molecule has 2 unspecified atom stereocenters. The van der Waals surface area contributed by atoms with E-state index >= 15 is 0 Å². The maximum Gasteiger partial charge on any atom is 0.396 e. The predicted octanol–water partition coefficient (Wildman–Crippen LogP) is 3.73. The number of amides is 1. The first-order chi connectivity index (χ1) is 10.8. The normalized spacial score (nSPS) is 18.6. The van der Waals surface area contributed by atoms with E-state index < -0.39 is 24.4 Å². The highest BCUT2D eigenvalue weighted by atomic mass is 35.5. The molecule has 0 aromatic heterocycles. The van der Waals surface area contributed by atoms with Crippen LogP contribution >= 0.6 is 12.4 Å². The van der Waals surface area contributed by atoms with Gasteiger partial charge in [-0.25, -0.2) is 0 Å². The number of alkyl halides is 3. The number of nitrogens with zero attached hydrogens (tertiary/aromatic N) is 1. The van der Waals surface area contributed by atoms with Crippen LogP contribution in [0.5, 0.6) is 0 Å². The molecule has 2 atom stereocenters. The van der Waals surface area contributed by atoms with Gasteiger partial charge in [0.05, 0.1) is 5.92 Å². The van der Waals surface area contributed by atoms with E-state index in [1.54, 1.807) is 23.1 Å². The summed E-state index contributed by atoms with van der Waals surface area (Å²) in [6.07, 6.45) is -3.45. The van der Waals surface area contributed by atoms with Crippen LogP contribution in [0.15, 0.2) is 30.3 Å². The van der Waals surface area contributed by atoms with Gasteiger partial charge in [0.2, 0.25) is 5.91 Å². The van der Waals surface area contributed by atoms with E-state index in [9.17, 15) is 18.0 Å². The summed E-state index contributed by atoms with van der Waals surface area (Å²) in [6, 6.07) is 7.69. The molecule has 24 heavy (non-hydrogen) atoms. The number of carbonyl (C=O) groups is 1. The Bertz CT molecular complexity index is 514. The Kier molecular flexibility index (Phi) is 7.55. The monoisotopic (exact) mass is 364 g/mol. The van der Waals surface area contributed by atoms with Crippen LogP contribution in [0.3, 0.4) is 0 Å². The third-order valence-electron chi connectivity index (χ3n) is 4.61. The first-order valence-electron chi connectivity index (χ1n) is 7.94. The van der Waals surface area contributed by atoms with Gasteiger partial charge in [0.15, 0.2) is 0 Å². The van der Waals surface area contributed by atoms with Crippen molar-refractivity contribution in [2.75, 3.05) is 13.1 Å². The van der Waals surface area contributed by atoms with Crippen molar-refractivity contribution in [3.63, 3.8) is 0 Å². The van der Waals surface area contributed by atoms with Crippen LogP contribution in [0, 0.1) is 5.92 Å². The standard InChI is InChI=1S/C17H23F3N2O.ClH/c1-12(21)13-7-9-22(10-8-13)16(23)11-15(17(18,19)20)14-5-3-2-4-6-14;/h2-6,12-13,15H,7-11,21H2,1H3;1H. The second kappa shape index (κ2) is 8.72. The molecule has 0 saturated carbocycles. The lowest BCUT2D eigenvalue weighted by Crippen LogP contribution is -2.43. The molecule has 3 nitrogen and oxygen atoms in total. The van der Waals surface area contributed by atoms with Gasteiger partial charge in [0, 0.05) is 25.6 Å². The highest BCUT2D eigenvalue weighted by Crippen LogP contribution is 2.38. The minimum Gasteiger partial charge on any atom is -0.343 e. The molecule has 1 aromatic carbocycles. The first-order valence-corrected chi connectivity index (χ1v) is 7.94. The van der Waals surface area contributed by atoms with E-state index in [4.69, 9.17) is 5.73 Å². The summed E-state index contributed by atoms with van der Waals surface area (Å²) in [5.41, 5.74) is 5.99. The molecule has 1 amide bonds. The van der Waals surface area contributed by atoms with Gasteiger partial charge in [-0.05, 0) is 31.2 Å². The minimum absolute atomic E-state index is 0. The SMILES string of the molecule is CC(N)C1CCN(C(=O)CC(c2ccccc2)C(F)(F)F)CC1.Cl. The van der Waals surface area contributed by atoms with Crippen molar-refractivity contribution in [3.05, 3.63) is 35.9 Å². The van der Waals surface area contributed by atoms with Gasteiger partial charge in [0.25, 0.3) is 0 Å². The van der Waals surface area contributed by atoms with Crippen molar-refractivity contribution < 1.29 is 18.0 Å². The lowest BCUT2D eigenvalue weighted by molar-refractivity contribution is -0.161. The number of carbonyl (C=O) groups excluding carboxylic acids is 1. The minimum atomic E-state index is -4.43. The van der Waals surface area contributed by atoms with Crippen LogP contribution in [0.2, 0.25) is 0 Å². The summed E-state index contributed by atoms with van der Waals surface area (Å²) >= 11 is 0. The number of hydrogen-bond acceptors (Lipinski definition) is 2. The van der Waals surface area contributed by atoms with Crippen molar-refractivity contribution in [3.8, 4) is 0 Å². The molecule has 1 saturated heterocycles. The molecule has 136 valence electrons. The molecule has 0 spiro atoms. The number of hydrogen-bond donors (Lipinski definition) is 1. The molecule has 1 aromatic rings. The van der Waals surface area contributed by atoms with Crippen LogP contribution < -0.4 is 5.73 Å². The van der Waals surface area contributed by atoms with Crippen molar-refractivity contribution in [2.45, 2.75) is 44.3 Å². The molecule has 1 aliphatic heterocycles. The van der Waals surface area contributed by atoms with E-state index in [1.165, 1.54) is 12.1 Å². The van der Waals surface area contributed by atoms with Crippen molar-refractivity contribution in [1.29, 1.82) is 0 Å². The smallest absolute Gasteiger partial charge is 0.343 e. The topological polar surface area (TPSA) is 46.3 Å². The third-order valence-corrected chi connectivity index (χ3v) is 4.61. The summed E-state index contributed by atoms with van der Waals surface area (Å²) < 4.78 is 39.9. The molecule has 0 radical (unpaired) electrons. The van der Waals surface area contributed by atoms with Crippen LogP contribution in [0.1, 0.15) is 37.7 Å². The number of halogens is 4. The number of nitrogens with two attached hydrogens (primary N) is 1. The first kappa shape index (κ1) is 20.8. The Hall–Kier alpha value is -1.27. The Morgan fingerprint density at radius 1 is 1.25 bits per heavy atom. The highest BCUT2D eigenvalue weighted by Gasteiger charge is 2.42. The summed E-state index contributed by atoms with van der Waals surface area (Å²) in [4.78, 5) is 13.8. The zero-order valence-electron chi connectivity index (χ0n) is 13.6. The predicted molar refractivity (Wildman–Crippen MR) is 90.1 cm³/mol. The Labute approximate surface area is 146 Å². The molecule has 1 fully saturated rings. The molecular weight excluding hydrogens is 341 g/mol. The molecule has 2 N–H and O–H groups in total. The van der Waals surface area contributed by atoms with E-state index in [0.29, 0.717) is 19.0 Å². The molecule has 1 aliphatic rings. The average molecular weight is 365 g/mol. The van der Waals surface area contributed by atoms with E-state index in [0.717, 1.165) is 12.8 Å². The molecule has 2 rings (SSSR count). The second-order valence-corrected chi connectivity index (χ2v) is 6.29. The molecule has 1 heterocycles. The van der Waals surface area contributed by atoms with Crippen LogP contribution in [0.4, 0.5) is 13.2 Å². The summed E-state index contributed by atoms with van der Waals surface area (Å²) in [5, 5.41) is 0. The molecule has 7 heteroatoms. The largest absolute Gasteiger partial charge is 0.396 e. The Morgan fingerprint density at radius 3 is 2.25 bits per heavy atom.